The molecule has 5 atom stereocenters. The van der Waals surface area contributed by atoms with Gasteiger partial charge in [-0.1, -0.05) is 0 Å². The van der Waals surface area contributed by atoms with Crippen molar-refractivity contribution in [1.29, 1.82) is 0 Å². The van der Waals surface area contributed by atoms with Crippen LogP contribution in [0.15, 0.2) is 21.9 Å². The molecule has 20 heavy (non-hydrogen) atoms. The van der Waals surface area contributed by atoms with E-state index in [2.05, 4.69) is 4.98 Å². The van der Waals surface area contributed by atoms with E-state index >= 15 is 0 Å². The molecule has 1 aromatic heterocycles. The van der Waals surface area contributed by atoms with Crippen molar-refractivity contribution in [3.05, 3.63) is 33.1 Å². The first-order chi connectivity index (χ1) is 9.39. The number of hydrogen-bond donors (Lipinski definition) is 2. The number of nitrogens with zero attached hydrogens (tertiary/aromatic N) is 1. The van der Waals surface area contributed by atoms with Gasteiger partial charge in [0.1, 0.15) is 0 Å². The number of rotatable bonds is 1. The molecule has 0 aliphatic carbocycles. The van der Waals surface area contributed by atoms with E-state index in [4.69, 9.17) is 15.0 Å². The van der Waals surface area contributed by atoms with Crippen LogP contribution in [0.3, 0.4) is 0 Å². The summed E-state index contributed by atoms with van der Waals surface area (Å²) >= 11 is 0. The molecule has 2 aliphatic heterocycles. The molecule has 110 valence electrons. The molecule has 0 radical (unpaired) electrons. The Morgan fingerprint density at radius 3 is 3.00 bits per heavy atom. The largest absolute Gasteiger partial charge is 0.350 e. The van der Waals surface area contributed by atoms with Crippen LogP contribution in [-0.2, 0) is 13.8 Å². The summed E-state index contributed by atoms with van der Waals surface area (Å²) < 4.78 is 23.8. The number of nitrogens with one attached hydrogen (secondary N) is 1. The third kappa shape index (κ3) is 2.09. The number of ether oxygens (including phenoxy) is 1. The minimum atomic E-state index is -2.09. The van der Waals surface area contributed by atoms with Crippen molar-refractivity contribution in [1.82, 2.24) is 9.55 Å². The second-order valence-electron chi connectivity index (χ2n) is 5.40. The normalized spacial score (nSPS) is 40.5. The van der Waals surface area contributed by atoms with Crippen molar-refractivity contribution in [3.8, 4) is 0 Å². The van der Waals surface area contributed by atoms with Gasteiger partial charge in [0, 0.05) is 24.3 Å². The van der Waals surface area contributed by atoms with E-state index in [-0.39, 0.29) is 18.6 Å². The van der Waals surface area contributed by atoms with E-state index in [1.807, 2.05) is 0 Å². The molecular weight excluding hydrogens is 285 g/mol. The van der Waals surface area contributed by atoms with E-state index in [0.717, 1.165) is 0 Å². The molecule has 3 heterocycles. The van der Waals surface area contributed by atoms with Crippen LogP contribution in [0, 0.1) is 5.92 Å². The zero-order chi connectivity index (χ0) is 14.5. The van der Waals surface area contributed by atoms with Crippen LogP contribution in [0.2, 0.25) is 0 Å². The van der Waals surface area contributed by atoms with Crippen molar-refractivity contribution in [2.75, 3.05) is 12.8 Å². The summed E-state index contributed by atoms with van der Waals surface area (Å²) in [6, 6.07) is 1.24. The van der Waals surface area contributed by atoms with Crippen molar-refractivity contribution in [2.24, 2.45) is 11.7 Å². The van der Waals surface area contributed by atoms with Crippen LogP contribution < -0.4 is 17.0 Å². The first-order valence-electron chi connectivity index (χ1n) is 6.31. The van der Waals surface area contributed by atoms with Crippen LogP contribution >= 0.6 is 8.03 Å². The van der Waals surface area contributed by atoms with Gasteiger partial charge in [-0.15, -0.1) is 0 Å². The third-order valence-electron chi connectivity index (χ3n) is 3.98. The summed E-state index contributed by atoms with van der Waals surface area (Å²) in [4.78, 5) is 25.2. The molecule has 0 aromatic carbocycles. The number of hydrogen-bond acceptors (Lipinski definition) is 6. The Morgan fingerprint density at radius 2 is 2.30 bits per heavy atom. The molecule has 2 fully saturated rings. The second-order valence-corrected chi connectivity index (χ2v) is 6.84. The summed E-state index contributed by atoms with van der Waals surface area (Å²) in [6.07, 6.45) is 0.685. The predicted octanol–water partition coefficient (Wildman–Crippen LogP) is -0.727. The Kier molecular flexibility index (Phi) is 3.21. The first kappa shape index (κ1) is 13.8. The second kappa shape index (κ2) is 4.66. The average Bonchev–Trinajstić information content (AvgIpc) is 2.62. The fraction of sp³-hybridized carbons (Fsp3) is 0.636. The van der Waals surface area contributed by atoms with Gasteiger partial charge in [-0.25, -0.2) is 4.79 Å². The highest BCUT2D eigenvalue weighted by Crippen LogP contribution is 2.47. The highest BCUT2D eigenvalue weighted by molar-refractivity contribution is 7.39. The maximum atomic E-state index is 11.9. The molecule has 2 aliphatic rings. The lowest BCUT2D eigenvalue weighted by Crippen LogP contribution is -2.52. The molecule has 3 N–H and O–H groups in total. The smallest absolute Gasteiger partial charge is 0.330 e. The average molecular weight is 301 g/mol. The van der Waals surface area contributed by atoms with Crippen LogP contribution in [0.4, 0.5) is 0 Å². The molecule has 1 unspecified atom stereocenters. The SMILES string of the molecule is C[C@@]1(N)[C@@H]2C[PH](=O)OC[C@H]2O[C@H]1n1ccc(=O)[nH]c1=O. The van der Waals surface area contributed by atoms with E-state index in [9.17, 15) is 14.2 Å². The number of aromatic amines is 1. The number of aromatic nitrogens is 2. The van der Waals surface area contributed by atoms with Crippen LogP contribution in [-0.4, -0.2) is 34.0 Å². The van der Waals surface area contributed by atoms with Crippen molar-refractivity contribution >= 4 is 8.03 Å². The van der Waals surface area contributed by atoms with Gasteiger partial charge in [0.15, 0.2) is 14.3 Å². The minimum Gasteiger partial charge on any atom is -0.350 e. The molecule has 0 bridgehead atoms. The highest BCUT2D eigenvalue weighted by atomic mass is 31.1. The molecule has 1 aromatic rings. The third-order valence-corrected chi connectivity index (χ3v) is 5.24. The highest BCUT2D eigenvalue weighted by Gasteiger charge is 2.54. The van der Waals surface area contributed by atoms with Crippen molar-refractivity contribution in [2.45, 2.75) is 24.8 Å². The Bertz CT molecular complexity index is 667. The van der Waals surface area contributed by atoms with Gasteiger partial charge in [-0.05, 0) is 6.92 Å². The van der Waals surface area contributed by atoms with Crippen LogP contribution in [0.25, 0.3) is 0 Å². The van der Waals surface area contributed by atoms with E-state index < -0.39 is 31.0 Å². The first-order valence-corrected chi connectivity index (χ1v) is 7.83. The van der Waals surface area contributed by atoms with Gasteiger partial charge in [-0.2, -0.15) is 0 Å². The minimum absolute atomic E-state index is 0.147. The lowest BCUT2D eigenvalue weighted by Gasteiger charge is -2.33. The van der Waals surface area contributed by atoms with Gasteiger partial charge in [-0.3, -0.25) is 18.9 Å². The maximum Gasteiger partial charge on any atom is 0.330 e. The Hall–Kier alpha value is -1.21. The van der Waals surface area contributed by atoms with Gasteiger partial charge in [0.2, 0.25) is 0 Å². The van der Waals surface area contributed by atoms with Crippen molar-refractivity contribution in [3.63, 3.8) is 0 Å². The summed E-state index contributed by atoms with van der Waals surface area (Å²) in [6.45, 7) is 1.98. The van der Waals surface area contributed by atoms with Gasteiger partial charge >= 0.3 is 5.69 Å². The molecule has 0 amide bonds. The fourth-order valence-corrected chi connectivity index (χ4v) is 4.42. The quantitative estimate of drug-likeness (QED) is 0.661. The lowest BCUT2D eigenvalue weighted by atomic mass is 9.85. The van der Waals surface area contributed by atoms with Gasteiger partial charge < -0.3 is 15.0 Å². The maximum absolute atomic E-state index is 11.9. The van der Waals surface area contributed by atoms with Crippen LogP contribution in [0.5, 0.6) is 0 Å². The monoisotopic (exact) mass is 301 g/mol. The summed E-state index contributed by atoms with van der Waals surface area (Å²) in [7, 11) is -2.09. The van der Waals surface area contributed by atoms with E-state index in [1.54, 1.807) is 6.92 Å². The number of H-pyrrole nitrogens is 1. The Labute approximate surface area is 114 Å². The van der Waals surface area contributed by atoms with Crippen LogP contribution in [0.1, 0.15) is 13.2 Å². The molecule has 0 spiro atoms. The van der Waals surface area contributed by atoms with E-state index in [0.29, 0.717) is 6.16 Å². The van der Waals surface area contributed by atoms with Gasteiger partial charge in [0.25, 0.3) is 5.56 Å². The standard InChI is InChI=1S/C11H16N3O5P/c1-11(12)6-5-20(17)18-4-7(6)19-9(11)14-3-2-8(15)13-10(14)16/h2-3,6-7,9,20H,4-5,12H2,1H3,(H,13,15,16)/t6-,7-,9-,11-/m1/s1. The molecule has 2 saturated heterocycles. The Morgan fingerprint density at radius 1 is 1.55 bits per heavy atom. The fourth-order valence-electron chi connectivity index (χ4n) is 2.89. The number of nitrogens with two attached hydrogens (primary N) is 1. The summed E-state index contributed by atoms with van der Waals surface area (Å²) in [5.41, 5.74) is 4.40. The van der Waals surface area contributed by atoms with E-state index in [1.165, 1.54) is 16.8 Å². The zero-order valence-electron chi connectivity index (χ0n) is 10.9. The Balaban J connectivity index is 2.00. The molecule has 3 rings (SSSR count). The topological polar surface area (TPSA) is 116 Å². The van der Waals surface area contributed by atoms with Gasteiger partial charge in [0.05, 0.1) is 18.2 Å². The summed E-state index contributed by atoms with van der Waals surface area (Å²) in [5.74, 6) is -0.147. The molecule has 8 nitrogen and oxygen atoms in total. The number of fused-ring (bicyclic) bond motifs is 1. The summed E-state index contributed by atoms with van der Waals surface area (Å²) in [5, 5.41) is 0. The van der Waals surface area contributed by atoms with Crippen molar-refractivity contribution < 1.29 is 13.8 Å². The molecule has 9 heteroatoms. The lowest BCUT2D eigenvalue weighted by molar-refractivity contribution is -0.0381. The zero-order valence-corrected chi connectivity index (χ0v) is 11.9. The molecule has 0 saturated carbocycles. The predicted molar refractivity (Wildman–Crippen MR) is 71.1 cm³/mol. The molecular formula is C11H16N3O5P.